The van der Waals surface area contributed by atoms with Crippen molar-refractivity contribution < 1.29 is 4.74 Å². The van der Waals surface area contributed by atoms with Gasteiger partial charge in [0, 0.05) is 29.5 Å². The van der Waals surface area contributed by atoms with Crippen LogP contribution in [0.4, 0.5) is 17.1 Å². The monoisotopic (exact) mass is 452 g/mol. The molecule has 1 N–H and O–H groups in total. The van der Waals surface area contributed by atoms with Crippen LogP contribution in [0.3, 0.4) is 0 Å². The van der Waals surface area contributed by atoms with E-state index in [4.69, 9.17) is 4.74 Å². The fourth-order valence-corrected chi connectivity index (χ4v) is 3.87. The summed E-state index contributed by atoms with van der Waals surface area (Å²) < 4.78 is 5.86. The van der Waals surface area contributed by atoms with Gasteiger partial charge >= 0.3 is 0 Å². The SMILES string of the molecule is CCN(CC)CCNc1ccc(N=Nc2ccc(OCc3ccccc3)cc2)c2ccccc12. The van der Waals surface area contributed by atoms with Crippen molar-refractivity contribution in [1.29, 1.82) is 0 Å². The molecular weight excluding hydrogens is 420 g/mol. The minimum atomic E-state index is 0.545. The Morgan fingerprint density at radius 1 is 0.735 bits per heavy atom. The van der Waals surface area contributed by atoms with E-state index in [9.17, 15) is 0 Å². The number of fused-ring (bicyclic) bond motifs is 1. The molecule has 0 bridgehead atoms. The molecule has 5 heteroatoms. The van der Waals surface area contributed by atoms with Gasteiger partial charge in [0.15, 0.2) is 0 Å². The van der Waals surface area contributed by atoms with Gasteiger partial charge < -0.3 is 15.0 Å². The molecule has 0 saturated carbocycles. The van der Waals surface area contributed by atoms with E-state index in [1.165, 1.54) is 0 Å². The lowest BCUT2D eigenvalue weighted by atomic mass is 10.1. The fraction of sp³-hybridized carbons (Fsp3) is 0.241. The number of anilines is 1. The fourth-order valence-electron chi connectivity index (χ4n) is 3.87. The first-order valence-electron chi connectivity index (χ1n) is 11.9. The molecule has 0 amide bonds. The Kier molecular flexibility index (Phi) is 8.25. The van der Waals surface area contributed by atoms with Crippen LogP contribution < -0.4 is 10.1 Å². The van der Waals surface area contributed by atoms with Crippen molar-refractivity contribution in [2.75, 3.05) is 31.5 Å². The van der Waals surface area contributed by atoms with E-state index in [-0.39, 0.29) is 0 Å². The summed E-state index contributed by atoms with van der Waals surface area (Å²) in [5.74, 6) is 0.813. The topological polar surface area (TPSA) is 49.2 Å². The number of nitrogens with zero attached hydrogens (tertiary/aromatic N) is 3. The van der Waals surface area contributed by atoms with Crippen LogP contribution in [-0.4, -0.2) is 31.1 Å². The third-order valence-electron chi connectivity index (χ3n) is 5.90. The Balaban J connectivity index is 1.43. The Morgan fingerprint density at radius 2 is 1.44 bits per heavy atom. The van der Waals surface area contributed by atoms with Crippen molar-refractivity contribution in [1.82, 2.24) is 4.90 Å². The molecule has 0 aromatic heterocycles. The number of likely N-dealkylation sites (N-methyl/N-ethyl adjacent to an activating group) is 1. The van der Waals surface area contributed by atoms with Crippen LogP contribution in [0.25, 0.3) is 10.8 Å². The van der Waals surface area contributed by atoms with Crippen molar-refractivity contribution >= 4 is 27.8 Å². The highest BCUT2D eigenvalue weighted by atomic mass is 16.5. The van der Waals surface area contributed by atoms with E-state index in [1.807, 2.05) is 54.6 Å². The first-order chi connectivity index (χ1) is 16.8. The Morgan fingerprint density at radius 3 is 2.18 bits per heavy atom. The maximum atomic E-state index is 5.86. The summed E-state index contributed by atoms with van der Waals surface area (Å²) in [5.41, 5.74) is 3.91. The maximum Gasteiger partial charge on any atom is 0.119 e. The molecule has 0 aliphatic rings. The molecule has 0 spiro atoms. The zero-order valence-corrected chi connectivity index (χ0v) is 19.9. The molecule has 0 fully saturated rings. The maximum absolute atomic E-state index is 5.86. The lowest BCUT2D eigenvalue weighted by Gasteiger charge is -2.19. The number of rotatable bonds is 11. The van der Waals surface area contributed by atoms with Gasteiger partial charge in [-0.2, -0.15) is 5.11 Å². The zero-order valence-electron chi connectivity index (χ0n) is 19.9. The summed E-state index contributed by atoms with van der Waals surface area (Å²) in [6.45, 7) is 9.01. The number of benzene rings is 4. The number of nitrogens with one attached hydrogen (secondary N) is 1. The minimum absolute atomic E-state index is 0.545. The number of azo groups is 1. The smallest absolute Gasteiger partial charge is 0.119 e. The second-order valence-electron chi connectivity index (χ2n) is 8.10. The van der Waals surface area contributed by atoms with Crippen LogP contribution in [0.1, 0.15) is 19.4 Å². The summed E-state index contributed by atoms with van der Waals surface area (Å²) >= 11 is 0. The molecule has 0 atom stereocenters. The van der Waals surface area contributed by atoms with Crippen molar-refractivity contribution in [2.45, 2.75) is 20.5 Å². The molecule has 4 aromatic rings. The Bertz CT molecular complexity index is 1200. The van der Waals surface area contributed by atoms with Gasteiger partial charge in [-0.1, -0.05) is 68.4 Å². The molecule has 5 nitrogen and oxygen atoms in total. The van der Waals surface area contributed by atoms with Gasteiger partial charge in [0.2, 0.25) is 0 Å². The average molecular weight is 453 g/mol. The predicted octanol–water partition coefficient (Wildman–Crippen LogP) is 7.59. The van der Waals surface area contributed by atoms with Crippen molar-refractivity contribution in [3.8, 4) is 5.75 Å². The van der Waals surface area contributed by atoms with E-state index < -0.39 is 0 Å². The van der Waals surface area contributed by atoms with Gasteiger partial charge in [-0.15, -0.1) is 5.11 Å². The van der Waals surface area contributed by atoms with Gasteiger partial charge in [-0.25, -0.2) is 0 Å². The van der Waals surface area contributed by atoms with E-state index in [0.29, 0.717) is 6.61 Å². The molecule has 4 aromatic carbocycles. The summed E-state index contributed by atoms with van der Waals surface area (Å²) in [6.07, 6.45) is 0. The highest BCUT2D eigenvalue weighted by molar-refractivity contribution is 6.00. The number of ether oxygens (including phenoxy) is 1. The summed E-state index contributed by atoms with van der Waals surface area (Å²) in [6, 6.07) is 30.3. The lowest BCUT2D eigenvalue weighted by Crippen LogP contribution is -2.28. The third kappa shape index (κ3) is 6.21. The minimum Gasteiger partial charge on any atom is -0.489 e. The van der Waals surface area contributed by atoms with Gasteiger partial charge in [0.1, 0.15) is 12.4 Å². The molecule has 0 aliphatic carbocycles. The number of hydrogen-bond acceptors (Lipinski definition) is 5. The standard InChI is InChI=1S/C29H32N4O/c1-3-33(4-2)21-20-30-28-18-19-29(27-13-9-8-12-26(27)28)32-31-24-14-16-25(17-15-24)34-22-23-10-6-5-7-11-23/h5-19,30H,3-4,20-22H2,1-2H3. The third-order valence-corrected chi connectivity index (χ3v) is 5.90. The van der Waals surface area contributed by atoms with Crippen molar-refractivity contribution in [2.24, 2.45) is 10.2 Å². The number of hydrogen-bond donors (Lipinski definition) is 1. The average Bonchev–Trinajstić information content (AvgIpc) is 2.90. The molecule has 0 heterocycles. The van der Waals surface area contributed by atoms with Crippen molar-refractivity contribution in [3.05, 3.63) is 96.6 Å². The highest BCUT2D eigenvalue weighted by Gasteiger charge is 2.06. The predicted molar refractivity (Wildman–Crippen MR) is 142 cm³/mol. The zero-order chi connectivity index (χ0) is 23.6. The molecule has 174 valence electrons. The molecule has 0 unspecified atom stereocenters. The van der Waals surface area contributed by atoms with Gasteiger partial charge in [-0.05, 0) is 55.1 Å². The highest BCUT2D eigenvalue weighted by Crippen LogP contribution is 2.33. The van der Waals surface area contributed by atoms with Crippen LogP contribution >= 0.6 is 0 Å². The molecule has 4 rings (SSSR count). The van der Waals surface area contributed by atoms with Crippen LogP contribution in [0, 0.1) is 0 Å². The Labute approximate surface area is 202 Å². The molecule has 0 saturated heterocycles. The second-order valence-corrected chi connectivity index (χ2v) is 8.10. The van der Waals surface area contributed by atoms with Gasteiger partial charge in [0.25, 0.3) is 0 Å². The lowest BCUT2D eigenvalue weighted by molar-refractivity contribution is 0.306. The van der Waals surface area contributed by atoms with Crippen molar-refractivity contribution in [3.63, 3.8) is 0 Å². The molecular formula is C29H32N4O. The first-order valence-corrected chi connectivity index (χ1v) is 11.9. The van der Waals surface area contributed by atoms with Crippen LogP contribution in [0.2, 0.25) is 0 Å². The summed E-state index contributed by atoms with van der Waals surface area (Å²) in [4.78, 5) is 2.41. The molecule has 34 heavy (non-hydrogen) atoms. The molecule has 0 aliphatic heterocycles. The largest absolute Gasteiger partial charge is 0.489 e. The van der Waals surface area contributed by atoms with Crippen LogP contribution in [0.15, 0.2) is 101 Å². The molecule has 0 radical (unpaired) electrons. The normalized spacial score (nSPS) is 11.4. The Hall–Kier alpha value is -3.70. The second kappa shape index (κ2) is 12.0. The summed E-state index contributed by atoms with van der Waals surface area (Å²) in [5, 5.41) is 14.8. The first kappa shape index (κ1) is 23.5. The van der Waals surface area contributed by atoms with Crippen LogP contribution in [-0.2, 0) is 6.61 Å². The quantitative estimate of drug-likeness (QED) is 0.239. The van der Waals surface area contributed by atoms with Crippen LogP contribution in [0.5, 0.6) is 5.75 Å². The van der Waals surface area contributed by atoms with E-state index in [0.717, 1.165) is 65.3 Å². The van der Waals surface area contributed by atoms with E-state index >= 15 is 0 Å². The summed E-state index contributed by atoms with van der Waals surface area (Å²) in [7, 11) is 0. The van der Waals surface area contributed by atoms with E-state index in [1.54, 1.807) is 0 Å². The van der Waals surface area contributed by atoms with E-state index in [2.05, 4.69) is 70.7 Å². The van der Waals surface area contributed by atoms with Gasteiger partial charge in [-0.3, -0.25) is 0 Å². The van der Waals surface area contributed by atoms with Gasteiger partial charge in [0.05, 0.1) is 11.4 Å².